The highest BCUT2D eigenvalue weighted by Crippen LogP contribution is 2.25. The first-order chi connectivity index (χ1) is 13.0. The largest absolute Gasteiger partial charge is 0.363 e. The summed E-state index contributed by atoms with van der Waals surface area (Å²) in [6.45, 7) is 0. The topological polar surface area (TPSA) is 99.0 Å². The van der Waals surface area contributed by atoms with Gasteiger partial charge in [-0.25, -0.2) is 9.97 Å². The predicted molar refractivity (Wildman–Crippen MR) is 102 cm³/mol. The summed E-state index contributed by atoms with van der Waals surface area (Å²) in [6, 6.07) is 15.5. The molecule has 3 aromatic rings. The summed E-state index contributed by atoms with van der Waals surface area (Å²) >= 11 is 0. The molecule has 0 bridgehead atoms. The number of ketones is 1. The van der Waals surface area contributed by atoms with Crippen molar-refractivity contribution in [1.82, 2.24) is 9.97 Å². The van der Waals surface area contributed by atoms with Crippen LogP contribution in [-0.4, -0.2) is 35.8 Å². The summed E-state index contributed by atoms with van der Waals surface area (Å²) in [7, 11) is 3.61. The van der Waals surface area contributed by atoms with Crippen molar-refractivity contribution >= 4 is 34.2 Å². The number of carbonyl (C=O) groups excluding carboxylic acids is 2. The number of carbonyl (C=O) groups is 2. The smallest absolute Gasteiger partial charge is 0.250 e. The van der Waals surface area contributed by atoms with Gasteiger partial charge in [0.15, 0.2) is 11.7 Å². The first-order valence-corrected chi connectivity index (χ1v) is 8.24. The standard InChI is InChI=1S/C20H17N5O2/c1-25(2)18-11-14(13-7-3-4-8-16(13)23-18)19(26)15(12-21)20(27)24-17-9-5-6-10-22-17/h3-11,15H,1-2H3,(H,22,24,27)/t15-/m1/s1. The van der Waals surface area contributed by atoms with Gasteiger partial charge in [0.1, 0.15) is 11.6 Å². The Bertz CT molecular complexity index is 1040. The van der Waals surface area contributed by atoms with Crippen molar-refractivity contribution in [3.63, 3.8) is 0 Å². The van der Waals surface area contributed by atoms with E-state index in [-0.39, 0.29) is 11.4 Å². The molecule has 0 aliphatic heterocycles. The van der Waals surface area contributed by atoms with Gasteiger partial charge in [0.2, 0.25) is 0 Å². The van der Waals surface area contributed by atoms with E-state index in [1.54, 1.807) is 61.5 Å². The van der Waals surface area contributed by atoms with Crippen LogP contribution in [0.25, 0.3) is 10.9 Å². The van der Waals surface area contributed by atoms with Crippen LogP contribution < -0.4 is 10.2 Å². The molecule has 0 aliphatic carbocycles. The summed E-state index contributed by atoms with van der Waals surface area (Å²) < 4.78 is 0. The Balaban J connectivity index is 2.00. The van der Waals surface area contributed by atoms with E-state index < -0.39 is 17.6 Å². The Morgan fingerprint density at radius 2 is 1.89 bits per heavy atom. The van der Waals surface area contributed by atoms with Crippen molar-refractivity contribution < 1.29 is 9.59 Å². The SMILES string of the molecule is CN(C)c1cc(C(=O)[C@@H](C#N)C(=O)Nc2ccccn2)c2ccccc2n1. The molecule has 1 N–H and O–H groups in total. The van der Waals surface area contributed by atoms with E-state index in [9.17, 15) is 14.9 Å². The number of rotatable bonds is 5. The first-order valence-electron chi connectivity index (χ1n) is 8.24. The lowest BCUT2D eigenvalue weighted by Gasteiger charge is -2.16. The number of amides is 1. The number of nitrogens with one attached hydrogen (secondary N) is 1. The molecule has 0 spiro atoms. The lowest BCUT2D eigenvalue weighted by molar-refractivity contribution is -0.117. The summed E-state index contributed by atoms with van der Waals surface area (Å²) in [5.41, 5.74) is 0.904. The van der Waals surface area contributed by atoms with E-state index in [4.69, 9.17) is 0 Å². The molecule has 0 unspecified atom stereocenters. The number of Topliss-reactive ketones (excluding diaryl/α,β-unsaturated/α-hetero) is 1. The van der Waals surface area contributed by atoms with Gasteiger partial charge in [-0.15, -0.1) is 0 Å². The number of fused-ring (bicyclic) bond motifs is 1. The molecule has 0 radical (unpaired) electrons. The van der Waals surface area contributed by atoms with Crippen molar-refractivity contribution in [2.24, 2.45) is 5.92 Å². The van der Waals surface area contributed by atoms with Crippen LogP contribution in [0.2, 0.25) is 0 Å². The molecule has 7 heteroatoms. The van der Waals surface area contributed by atoms with Crippen molar-refractivity contribution in [2.45, 2.75) is 0 Å². The number of nitrogens with zero attached hydrogens (tertiary/aromatic N) is 4. The fraction of sp³-hybridized carbons (Fsp3) is 0.150. The minimum Gasteiger partial charge on any atom is -0.363 e. The third-order valence-electron chi connectivity index (χ3n) is 4.00. The van der Waals surface area contributed by atoms with Gasteiger partial charge >= 0.3 is 0 Å². The van der Waals surface area contributed by atoms with E-state index in [1.807, 2.05) is 12.1 Å². The van der Waals surface area contributed by atoms with E-state index in [0.29, 0.717) is 16.7 Å². The van der Waals surface area contributed by atoms with Crippen molar-refractivity contribution in [1.29, 1.82) is 5.26 Å². The molecule has 1 aromatic carbocycles. The van der Waals surface area contributed by atoms with E-state index in [0.717, 1.165) is 0 Å². The molecule has 27 heavy (non-hydrogen) atoms. The van der Waals surface area contributed by atoms with Gasteiger partial charge in [-0.05, 0) is 24.3 Å². The number of nitriles is 1. The predicted octanol–water partition coefficient (Wildman–Crippen LogP) is 2.66. The van der Waals surface area contributed by atoms with Gasteiger partial charge in [0.05, 0.1) is 11.6 Å². The van der Waals surface area contributed by atoms with E-state index >= 15 is 0 Å². The molecule has 2 aromatic heterocycles. The molecule has 2 heterocycles. The van der Waals surface area contributed by atoms with Crippen molar-refractivity contribution in [3.05, 3.63) is 60.3 Å². The Morgan fingerprint density at radius 1 is 1.15 bits per heavy atom. The normalized spacial score (nSPS) is 11.4. The first kappa shape index (κ1) is 18.0. The molecule has 0 saturated heterocycles. The zero-order chi connectivity index (χ0) is 19.4. The van der Waals surface area contributed by atoms with Gasteiger partial charge in [0, 0.05) is 31.2 Å². The second kappa shape index (κ2) is 7.62. The van der Waals surface area contributed by atoms with Crippen LogP contribution in [0.5, 0.6) is 0 Å². The number of pyridine rings is 2. The summed E-state index contributed by atoms with van der Waals surface area (Å²) in [6.07, 6.45) is 1.51. The highest BCUT2D eigenvalue weighted by atomic mass is 16.2. The summed E-state index contributed by atoms with van der Waals surface area (Å²) in [5.74, 6) is -1.93. The number of hydrogen-bond acceptors (Lipinski definition) is 6. The number of hydrogen-bond donors (Lipinski definition) is 1. The molecule has 1 amide bonds. The van der Waals surface area contributed by atoms with E-state index in [2.05, 4.69) is 15.3 Å². The summed E-state index contributed by atoms with van der Waals surface area (Å²) in [4.78, 5) is 35.8. The molecular formula is C20H17N5O2. The van der Waals surface area contributed by atoms with Crippen molar-refractivity contribution in [3.8, 4) is 6.07 Å². The maximum absolute atomic E-state index is 13.0. The zero-order valence-corrected chi connectivity index (χ0v) is 14.9. The Labute approximate surface area is 156 Å². The number of para-hydroxylation sites is 1. The van der Waals surface area contributed by atoms with Gasteiger partial charge in [-0.3, -0.25) is 9.59 Å². The lowest BCUT2D eigenvalue weighted by atomic mass is 9.95. The van der Waals surface area contributed by atoms with Crippen LogP contribution in [-0.2, 0) is 4.79 Å². The van der Waals surface area contributed by atoms with Gasteiger partial charge < -0.3 is 10.2 Å². The average Bonchev–Trinajstić information content (AvgIpc) is 2.68. The Kier molecular flexibility index (Phi) is 5.08. The molecule has 0 saturated carbocycles. The molecule has 3 rings (SSSR count). The number of anilines is 2. The zero-order valence-electron chi connectivity index (χ0n) is 14.9. The van der Waals surface area contributed by atoms with Crippen LogP contribution in [0.3, 0.4) is 0 Å². The van der Waals surface area contributed by atoms with Crippen molar-refractivity contribution in [2.75, 3.05) is 24.3 Å². The minimum atomic E-state index is -1.49. The van der Waals surface area contributed by atoms with Crippen LogP contribution in [0.1, 0.15) is 10.4 Å². The van der Waals surface area contributed by atoms with Gasteiger partial charge in [0.25, 0.3) is 5.91 Å². The van der Waals surface area contributed by atoms with Crippen LogP contribution in [0.15, 0.2) is 54.7 Å². The average molecular weight is 359 g/mol. The fourth-order valence-electron chi connectivity index (χ4n) is 2.62. The maximum Gasteiger partial charge on any atom is 0.250 e. The highest BCUT2D eigenvalue weighted by molar-refractivity contribution is 6.19. The fourth-order valence-corrected chi connectivity index (χ4v) is 2.62. The molecule has 1 atom stereocenters. The quantitative estimate of drug-likeness (QED) is 0.555. The van der Waals surface area contributed by atoms with Crippen LogP contribution in [0, 0.1) is 17.2 Å². The maximum atomic E-state index is 13.0. The van der Waals surface area contributed by atoms with E-state index in [1.165, 1.54) is 6.20 Å². The molecule has 134 valence electrons. The van der Waals surface area contributed by atoms with Crippen LogP contribution in [0.4, 0.5) is 11.6 Å². The molecular weight excluding hydrogens is 342 g/mol. The molecule has 0 fully saturated rings. The van der Waals surface area contributed by atoms with Crippen LogP contribution >= 0.6 is 0 Å². The molecule has 0 aliphatic rings. The second-order valence-electron chi connectivity index (χ2n) is 6.07. The third kappa shape index (κ3) is 3.75. The Morgan fingerprint density at radius 3 is 2.56 bits per heavy atom. The number of benzene rings is 1. The lowest BCUT2D eigenvalue weighted by Crippen LogP contribution is -2.29. The minimum absolute atomic E-state index is 0.282. The van der Waals surface area contributed by atoms with Gasteiger partial charge in [-0.2, -0.15) is 5.26 Å². The second-order valence-corrected chi connectivity index (χ2v) is 6.07. The highest BCUT2D eigenvalue weighted by Gasteiger charge is 2.29. The molecule has 7 nitrogen and oxygen atoms in total. The third-order valence-corrected chi connectivity index (χ3v) is 4.00. The monoisotopic (exact) mass is 359 g/mol. The Hall–Kier alpha value is -3.79. The van der Waals surface area contributed by atoms with Gasteiger partial charge in [-0.1, -0.05) is 24.3 Å². The number of aromatic nitrogens is 2. The summed E-state index contributed by atoms with van der Waals surface area (Å²) in [5, 5.41) is 12.6.